The number of fused-ring (bicyclic) bond motifs is 1. The van der Waals surface area contributed by atoms with E-state index in [1.807, 2.05) is 0 Å². The van der Waals surface area contributed by atoms with Gasteiger partial charge in [-0.25, -0.2) is 14.4 Å². The smallest absolute Gasteiger partial charge is 0.272 e. The van der Waals surface area contributed by atoms with Gasteiger partial charge in [0.2, 0.25) is 5.65 Å². The fourth-order valence-electron chi connectivity index (χ4n) is 2.85. The SMILES string of the molecule is O=C(c1ccc2n[nH]nc2n1)N1CCC[C@H](Oc2ncccc2F)C1. The molecule has 1 amide bonds. The number of aromatic amines is 1. The van der Waals surface area contributed by atoms with Crippen molar-refractivity contribution in [2.24, 2.45) is 0 Å². The van der Waals surface area contributed by atoms with Crippen molar-refractivity contribution in [3.05, 3.63) is 42.0 Å². The molecular formula is C16H15FN6O2. The molecule has 4 rings (SSSR count). The van der Waals surface area contributed by atoms with E-state index in [-0.39, 0.29) is 17.9 Å². The van der Waals surface area contributed by atoms with Crippen molar-refractivity contribution in [1.29, 1.82) is 0 Å². The molecule has 0 spiro atoms. The number of carbonyl (C=O) groups excluding carboxylic acids is 1. The lowest BCUT2D eigenvalue weighted by atomic mass is 10.1. The number of hydrogen-bond donors (Lipinski definition) is 1. The van der Waals surface area contributed by atoms with E-state index in [9.17, 15) is 9.18 Å². The molecule has 8 nitrogen and oxygen atoms in total. The molecule has 25 heavy (non-hydrogen) atoms. The topological polar surface area (TPSA) is 96.9 Å². The molecule has 3 aromatic heterocycles. The number of nitrogens with zero attached hydrogens (tertiary/aromatic N) is 5. The summed E-state index contributed by atoms with van der Waals surface area (Å²) >= 11 is 0. The minimum absolute atomic E-state index is 0.0380. The van der Waals surface area contributed by atoms with E-state index in [1.165, 1.54) is 18.3 Å². The summed E-state index contributed by atoms with van der Waals surface area (Å²) in [4.78, 5) is 22.5. The molecule has 1 atom stereocenters. The summed E-state index contributed by atoms with van der Waals surface area (Å²) in [5, 5.41) is 10.3. The van der Waals surface area contributed by atoms with Crippen molar-refractivity contribution in [2.75, 3.05) is 13.1 Å². The number of hydrogen-bond acceptors (Lipinski definition) is 6. The molecule has 1 aliphatic heterocycles. The van der Waals surface area contributed by atoms with Gasteiger partial charge in [0.25, 0.3) is 11.8 Å². The van der Waals surface area contributed by atoms with Crippen LogP contribution in [0.3, 0.4) is 0 Å². The summed E-state index contributed by atoms with van der Waals surface area (Å²) in [7, 11) is 0. The van der Waals surface area contributed by atoms with Gasteiger partial charge in [-0.1, -0.05) is 0 Å². The Morgan fingerprint density at radius 3 is 3.12 bits per heavy atom. The number of carbonyl (C=O) groups is 1. The first kappa shape index (κ1) is 15.4. The van der Waals surface area contributed by atoms with E-state index in [4.69, 9.17) is 4.74 Å². The maximum Gasteiger partial charge on any atom is 0.272 e. The monoisotopic (exact) mass is 342 g/mol. The van der Waals surface area contributed by atoms with Gasteiger partial charge >= 0.3 is 0 Å². The summed E-state index contributed by atoms with van der Waals surface area (Å²) in [6.07, 6.45) is 2.66. The quantitative estimate of drug-likeness (QED) is 0.776. The van der Waals surface area contributed by atoms with Crippen LogP contribution in [0.25, 0.3) is 11.2 Å². The van der Waals surface area contributed by atoms with Crippen LogP contribution in [0.15, 0.2) is 30.5 Å². The van der Waals surface area contributed by atoms with Gasteiger partial charge < -0.3 is 9.64 Å². The zero-order valence-electron chi connectivity index (χ0n) is 13.2. The van der Waals surface area contributed by atoms with Gasteiger partial charge in [0.05, 0.1) is 6.54 Å². The zero-order valence-corrected chi connectivity index (χ0v) is 13.2. The molecule has 1 aliphatic rings. The number of H-pyrrole nitrogens is 1. The number of amides is 1. The van der Waals surface area contributed by atoms with Crippen LogP contribution in [0.5, 0.6) is 5.88 Å². The van der Waals surface area contributed by atoms with Crippen LogP contribution in [-0.4, -0.2) is 55.4 Å². The average Bonchev–Trinajstić information content (AvgIpc) is 3.11. The van der Waals surface area contributed by atoms with Gasteiger partial charge in [0.15, 0.2) is 5.82 Å². The fraction of sp³-hybridized carbons (Fsp3) is 0.312. The van der Waals surface area contributed by atoms with E-state index >= 15 is 0 Å². The van der Waals surface area contributed by atoms with Gasteiger partial charge in [0, 0.05) is 12.7 Å². The number of halogens is 1. The Kier molecular flexibility index (Phi) is 3.96. The highest BCUT2D eigenvalue weighted by Gasteiger charge is 2.27. The van der Waals surface area contributed by atoms with Gasteiger partial charge in [-0.15, -0.1) is 5.10 Å². The van der Waals surface area contributed by atoms with Gasteiger partial charge in [-0.3, -0.25) is 4.79 Å². The molecule has 9 heteroatoms. The van der Waals surface area contributed by atoms with Crippen molar-refractivity contribution < 1.29 is 13.9 Å². The summed E-state index contributed by atoms with van der Waals surface area (Å²) in [5.41, 5.74) is 1.29. The Bertz CT molecular complexity index is 914. The van der Waals surface area contributed by atoms with Crippen molar-refractivity contribution in [1.82, 2.24) is 30.3 Å². The van der Waals surface area contributed by atoms with Crippen LogP contribution >= 0.6 is 0 Å². The lowest BCUT2D eigenvalue weighted by Gasteiger charge is -2.32. The number of rotatable bonds is 3. The molecule has 128 valence electrons. The second-order valence-electron chi connectivity index (χ2n) is 5.79. The van der Waals surface area contributed by atoms with E-state index in [0.29, 0.717) is 29.9 Å². The summed E-state index contributed by atoms with van der Waals surface area (Å²) < 4.78 is 19.3. The number of ether oxygens (including phenoxy) is 1. The number of nitrogens with one attached hydrogen (secondary N) is 1. The number of piperidine rings is 1. The molecule has 1 saturated heterocycles. The van der Waals surface area contributed by atoms with Gasteiger partial charge in [-0.2, -0.15) is 10.3 Å². The predicted molar refractivity (Wildman–Crippen MR) is 85.4 cm³/mol. The minimum atomic E-state index is -0.510. The van der Waals surface area contributed by atoms with Crippen LogP contribution in [0.2, 0.25) is 0 Å². The molecular weight excluding hydrogens is 327 g/mol. The molecule has 1 N–H and O–H groups in total. The Hall–Kier alpha value is -3.10. The molecule has 1 fully saturated rings. The second-order valence-corrected chi connectivity index (χ2v) is 5.79. The summed E-state index contributed by atoms with van der Waals surface area (Å²) in [5.74, 6) is -0.757. The van der Waals surface area contributed by atoms with Crippen LogP contribution < -0.4 is 4.74 Å². The number of pyridine rings is 2. The Balaban J connectivity index is 1.48. The highest BCUT2D eigenvalue weighted by Crippen LogP contribution is 2.20. The summed E-state index contributed by atoms with van der Waals surface area (Å²) in [6, 6.07) is 6.12. The minimum Gasteiger partial charge on any atom is -0.470 e. The van der Waals surface area contributed by atoms with E-state index in [2.05, 4.69) is 25.4 Å². The first-order valence-corrected chi connectivity index (χ1v) is 7.94. The third-order valence-corrected chi connectivity index (χ3v) is 4.07. The lowest BCUT2D eigenvalue weighted by molar-refractivity contribution is 0.0513. The zero-order chi connectivity index (χ0) is 17.2. The summed E-state index contributed by atoms with van der Waals surface area (Å²) in [6.45, 7) is 0.954. The predicted octanol–water partition coefficient (Wildman–Crippen LogP) is 1.57. The average molecular weight is 342 g/mol. The number of likely N-dealkylation sites (tertiary alicyclic amines) is 1. The van der Waals surface area contributed by atoms with Gasteiger partial charge in [0.1, 0.15) is 17.3 Å². The first-order chi connectivity index (χ1) is 12.2. The molecule has 0 radical (unpaired) electrons. The largest absolute Gasteiger partial charge is 0.470 e. The van der Waals surface area contributed by atoms with Crippen LogP contribution in [0.4, 0.5) is 4.39 Å². The van der Waals surface area contributed by atoms with E-state index < -0.39 is 5.82 Å². The van der Waals surface area contributed by atoms with E-state index in [0.717, 1.165) is 12.8 Å². The third kappa shape index (κ3) is 3.12. The second kappa shape index (κ2) is 6.42. The third-order valence-electron chi connectivity index (χ3n) is 4.07. The molecule has 0 bridgehead atoms. The normalized spacial score (nSPS) is 17.6. The first-order valence-electron chi connectivity index (χ1n) is 7.94. The molecule has 4 heterocycles. The van der Waals surface area contributed by atoms with Crippen LogP contribution in [0, 0.1) is 5.82 Å². The van der Waals surface area contributed by atoms with Crippen LogP contribution in [0.1, 0.15) is 23.3 Å². The molecule has 0 aliphatic carbocycles. The molecule has 0 aromatic carbocycles. The highest BCUT2D eigenvalue weighted by atomic mass is 19.1. The maximum atomic E-state index is 13.7. The molecule has 3 aromatic rings. The Labute approximate surface area is 142 Å². The standard InChI is InChI=1S/C16H15FN6O2/c17-11-4-1-7-18-15(11)25-10-3-2-8-23(9-10)16(24)13-6-5-12-14(19-13)21-22-20-12/h1,4-7,10H,2-3,8-9H2,(H,19,20,21,22)/t10-/m0/s1. The molecule has 0 saturated carbocycles. The molecule has 0 unspecified atom stereocenters. The number of aromatic nitrogens is 5. The Morgan fingerprint density at radius 2 is 2.24 bits per heavy atom. The van der Waals surface area contributed by atoms with Crippen molar-refractivity contribution in [3.63, 3.8) is 0 Å². The van der Waals surface area contributed by atoms with E-state index in [1.54, 1.807) is 17.0 Å². The highest BCUT2D eigenvalue weighted by molar-refractivity contribution is 5.94. The van der Waals surface area contributed by atoms with Crippen molar-refractivity contribution in [3.8, 4) is 5.88 Å². The van der Waals surface area contributed by atoms with Crippen LogP contribution in [-0.2, 0) is 0 Å². The fourth-order valence-corrected chi connectivity index (χ4v) is 2.85. The van der Waals surface area contributed by atoms with Crippen molar-refractivity contribution >= 4 is 17.1 Å². The van der Waals surface area contributed by atoms with Gasteiger partial charge in [-0.05, 0) is 37.1 Å². The Morgan fingerprint density at radius 1 is 1.32 bits per heavy atom. The maximum absolute atomic E-state index is 13.7. The van der Waals surface area contributed by atoms with Crippen molar-refractivity contribution in [2.45, 2.75) is 18.9 Å². The lowest BCUT2D eigenvalue weighted by Crippen LogP contribution is -2.44.